The van der Waals surface area contributed by atoms with Crippen molar-refractivity contribution in [1.82, 2.24) is 10.6 Å². The summed E-state index contributed by atoms with van der Waals surface area (Å²) in [6, 6.07) is 10.2. The molecule has 0 radical (unpaired) electrons. The summed E-state index contributed by atoms with van der Waals surface area (Å²) in [5.41, 5.74) is 1.20. The summed E-state index contributed by atoms with van der Waals surface area (Å²) in [5.74, 6) is -0.719. The van der Waals surface area contributed by atoms with Gasteiger partial charge in [-0.15, -0.1) is 0 Å². The van der Waals surface area contributed by atoms with E-state index in [0.29, 0.717) is 11.1 Å². The second-order valence-electron chi connectivity index (χ2n) is 8.12. The summed E-state index contributed by atoms with van der Waals surface area (Å²) < 4.78 is 64.9. The Bertz CT molecular complexity index is 1090. The number of hydrogen-bond acceptors (Lipinski definition) is 5. The number of nitrogens with zero attached hydrogens (tertiary/aromatic N) is 1. The van der Waals surface area contributed by atoms with E-state index in [9.17, 15) is 26.4 Å². The van der Waals surface area contributed by atoms with Gasteiger partial charge < -0.3 is 5.32 Å². The van der Waals surface area contributed by atoms with Crippen molar-refractivity contribution in [1.29, 1.82) is 5.26 Å². The predicted octanol–water partition coefficient (Wildman–Crippen LogP) is 4.00. The highest BCUT2D eigenvalue weighted by Crippen LogP contribution is 2.34. The Hall–Kier alpha value is -2.90. The number of hydrogen-bond donors (Lipinski definition) is 2. The van der Waals surface area contributed by atoms with Gasteiger partial charge in [0.2, 0.25) is 5.91 Å². The fourth-order valence-corrected chi connectivity index (χ4v) is 3.95. The zero-order chi connectivity index (χ0) is 24.8. The summed E-state index contributed by atoms with van der Waals surface area (Å²) in [5, 5.41) is 13.4. The van der Waals surface area contributed by atoms with Gasteiger partial charge in [0, 0.05) is 6.26 Å². The second-order valence-corrected chi connectivity index (χ2v) is 10.1. The van der Waals surface area contributed by atoms with Crippen molar-refractivity contribution in [3.8, 4) is 17.2 Å². The van der Waals surface area contributed by atoms with E-state index in [1.807, 2.05) is 0 Å². The van der Waals surface area contributed by atoms with Crippen LogP contribution in [0.5, 0.6) is 0 Å². The summed E-state index contributed by atoms with van der Waals surface area (Å²) in [4.78, 5) is 12.5. The first-order chi connectivity index (χ1) is 15.3. The first-order valence-corrected chi connectivity index (χ1v) is 12.1. The van der Waals surface area contributed by atoms with E-state index in [-0.39, 0.29) is 29.3 Å². The Balaban J connectivity index is 2.31. The molecule has 1 amide bonds. The Morgan fingerprint density at radius 3 is 1.97 bits per heavy atom. The number of rotatable bonds is 9. The van der Waals surface area contributed by atoms with Gasteiger partial charge >= 0.3 is 6.18 Å². The standard InChI is InChI=1S/C23H26F3N3O3S/c1-15(2)14-20(22(30)28-13-12-27)29-21(23(24,25)26)18-6-4-16(5-7-18)17-8-10-19(11-9-17)33(3,31)32/h4-11,15,20-21,29H,13-14H2,1-3H3,(H,28,30)/t20-,21?/m1/s1. The van der Waals surface area contributed by atoms with E-state index in [1.54, 1.807) is 32.0 Å². The Morgan fingerprint density at radius 1 is 1.03 bits per heavy atom. The number of nitrogens with one attached hydrogen (secondary N) is 2. The number of halogens is 3. The van der Waals surface area contributed by atoms with Crippen LogP contribution in [0.2, 0.25) is 0 Å². The van der Waals surface area contributed by atoms with Crippen LogP contribution < -0.4 is 10.6 Å². The van der Waals surface area contributed by atoms with E-state index >= 15 is 0 Å². The number of alkyl halides is 3. The zero-order valence-electron chi connectivity index (χ0n) is 18.5. The van der Waals surface area contributed by atoms with Crippen molar-refractivity contribution in [3.63, 3.8) is 0 Å². The highest BCUT2D eigenvalue weighted by molar-refractivity contribution is 7.90. The summed E-state index contributed by atoms with van der Waals surface area (Å²) in [7, 11) is -3.35. The van der Waals surface area contributed by atoms with Crippen molar-refractivity contribution >= 4 is 15.7 Å². The molecule has 2 aromatic carbocycles. The van der Waals surface area contributed by atoms with Crippen LogP contribution >= 0.6 is 0 Å². The third kappa shape index (κ3) is 7.58. The molecule has 2 rings (SSSR count). The molecule has 0 fully saturated rings. The topological polar surface area (TPSA) is 99.1 Å². The van der Waals surface area contributed by atoms with Crippen LogP contribution in [0.4, 0.5) is 13.2 Å². The molecule has 2 atom stereocenters. The molecule has 0 bridgehead atoms. The zero-order valence-corrected chi connectivity index (χ0v) is 19.3. The van der Waals surface area contributed by atoms with Crippen LogP contribution in [0.25, 0.3) is 11.1 Å². The maximum Gasteiger partial charge on any atom is 0.407 e. The van der Waals surface area contributed by atoms with Crippen LogP contribution in [0, 0.1) is 17.2 Å². The summed E-state index contributed by atoms with van der Waals surface area (Å²) in [6.07, 6.45) is -3.41. The molecule has 0 aliphatic heterocycles. The van der Waals surface area contributed by atoms with Crippen LogP contribution in [0.1, 0.15) is 31.9 Å². The van der Waals surface area contributed by atoms with Gasteiger partial charge in [-0.3, -0.25) is 10.1 Å². The van der Waals surface area contributed by atoms with Gasteiger partial charge in [0.25, 0.3) is 0 Å². The Morgan fingerprint density at radius 2 is 1.55 bits per heavy atom. The summed E-state index contributed by atoms with van der Waals surface area (Å²) >= 11 is 0. The molecule has 178 valence electrons. The third-order valence-electron chi connectivity index (χ3n) is 4.92. The van der Waals surface area contributed by atoms with E-state index in [0.717, 1.165) is 6.26 Å². The molecule has 0 saturated carbocycles. The molecule has 1 unspecified atom stereocenters. The molecule has 0 aliphatic rings. The molecular weight excluding hydrogens is 455 g/mol. The van der Waals surface area contributed by atoms with Gasteiger partial charge in [-0.05, 0) is 41.2 Å². The smallest absolute Gasteiger partial charge is 0.342 e. The van der Waals surface area contributed by atoms with E-state index in [1.165, 1.54) is 36.4 Å². The normalized spacial score (nSPS) is 13.9. The van der Waals surface area contributed by atoms with Gasteiger partial charge in [0.15, 0.2) is 9.84 Å². The average molecular weight is 482 g/mol. The quantitative estimate of drug-likeness (QED) is 0.528. The molecule has 0 saturated heterocycles. The minimum atomic E-state index is -4.66. The average Bonchev–Trinajstić information content (AvgIpc) is 2.73. The minimum absolute atomic E-state index is 0.0542. The van der Waals surface area contributed by atoms with Gasteiger partial charge in [0.1, 0.15) is 12.6 Å². The van der Waals surface area contributed by atoms with Gasteiger partial charge in [-0.25, -0.2) is 8.42 Å². The Labute approximate surface area is 191 Å². The maximum atomic E-state index is 13.9. The van der Waals surface area contributed by atoms with Crippen molar-refractivity contribution in [2.45, 2.75) is 43.4 Å². The van der Waals surface area contributed by atoms with Crippen molar-refractivity contribution < 1.29 is 26.4 Å². The van der Waals surface area contributed by atoms with Crippen LogP contribution in [-0.4, -0.2) is 39.3 Å². The van der Waals surface area contributed by atoms with Crippen LogP contribution in [-0.2, 0) is 14.6 Å². The lowest BCUT2D eigenvalue weighted by atomic mass is 9.97. The van der Waals surface area contributed by atoms with Crippen LogP contribution in [0.3, 0.4) is 0 Å². The molecule has 0 heterocycles. The van der Waals surface area contributed by atoms with E-state index in [4.69, 9.17) is 5.26 Å². The fourth-order valence-electron chi connectivity index (χ4n) is 3.32. The molecule has 2 N–H and O–H groups in total. The lowest BCUT2D eigenvalue weighted by Gasteiger charge is -2.28. The molecule has 0 spiro atoms. The lowest BCUT2D eigenvalue weighted by Crippen LogP contribution is -2.49. The monoisotopic (exact) mass is 481 g/mol. The predicted molar refractivity (Wildman–Crippen MR) is 119 cm³/mol. The highest BCUT2D eigenvalue weighted by atomic mass is 32.2. The van der Waals surface area contributed by atoms with Gasteiger partial charge in [-0.1, -0.05) is 50.2 Å². The fraction of sp³-hybridized carbons (Fsp3) is 0.391. The highest BCUT2D eigenvalue weighted by Gasteiger charge is 2.42. The lowest BCUT2D eigenvalue weighted by molar-refractivity contribution is -0.161. The van der Waals surface area contributed by atoms with Crippen molar-refractivity contribution in [2.75, 3.05) is 12.8 Å². The molecule has 10 heteroatoms. The first-order valence-electron chi connectivity index (χ1n) is 10.2. The molecular formula is C23H26F3N3O3S. The van der Waals surface area contributed by atoms with Crippen molar-refractivity contribution in [3.05, 3.63) is 54.1 Å². The molecule has 6 nitrogen and oxygen atoms in total. The number of benzene rings is 2. The van der Waals surface area contributed by atoms with Gasteiger partial charge in [0.05, 0.1) is 17.0 Å². The number of amides is 1. The van der Waals surface area contributed by atoms with Crippen LogP contribution in [0.15, 0.2) is 53.4 Å². The first kappa shape index (κ1) is 26.4. The summed E-state index contributed by atoms with van der Waals surface area (Å²) in [6.45, 7) is 3.29. The van der Waals surface area contributed by atoms with Crippen molar-refractivity contribution in [2.24, 2.45) is 5.92 Å². The molecule has 2 aromatic rings. The third-order valence-corrected chi connectivity index (χ3v) is 6.05. The molecule has 0 aliphatic carbocycles. The molecule has 0 aromatic heterocycles. The number of carbonyl (C=O) groups excluding carboxylic acids is 1. The number of nitriles is 1. The minimum Gasteiger partial charge on any atom is -0.342 e. The SMILES string of the molecule is CC(C)C[C@@H](NC(c1ccc(-c2ccc(S(C)(=O)=O)cc2)cc1)C(F)(F)F)C(=O)NCC#N. The number of sulfone groups is 1. The van der Waals surface area contributed by atoms with E-state index < -0.39 is 34.0 Å². The largest absolute Gasteiger partial charge is 0.407 e. The molecule has 33 heavy (non-hydrogen) atoms. The van der Waals surface area contributed by atoms with E-state index in [2.05, 4.69) is 10.6 Å². The second kappa shape index (κ2) is 10.8. The van der Waals surface area contributed by atoms with Gasteiger partial charge in [-0.2, -0.15) is 18.4 Å². The number of carbonyl (C=O) groups is 1. The Kier molecular flexibility index (Phi) is 8.63. The maximum absolute atomic E-state index is 13.9.